The van der Waals surface area contributed by atoms with Gasteiger partial charge in [0.15, 0.2) is 5.78 Å². The number of fused-ring (bicyclic) bond motifs is 1. The Hall–Kier alpha value is -2.95. The number of carbonyl (C=O) groups is 1. The molecule has 3 rings (SSSR count). The summed E-state index contributed by atoms with van der Waals surface area (Å²) in [5.74, 6) is 0.0563. The predicted octanol–water partition coefficient (Wildman–Crippen LogP) is 2.74. The number of Topliss-reactive ketones (excluding diaryl/α,β-unsaturated/α-hetero) is 1. The van der Waals surface area contributed by atoms with Crippen LogP contribution in [0.25, 0.3) is 10.9 Å². The number of ketones is 1. The normalized spacial score (nSPS) is 10.6. The predicted molar refractivity (Wildman–Crippen MR) is 86.1 cm³/mol. The number of anilines is 1. The van der Waals surface area contributed by atoms with E-state index >= 15 is 0 Å². The van der Waals surface area contributed by atoms with Crippen molar-refractivity contribution in [3.63, 3.8) is 0 Å². The number of hydrogen-bond acceptors (Lipinski definition) is 4. The summed E-state index contributed by atoms with van der Waals surface area (Å²) in [6.07, 6.45) is 1.40. The van der Waals surface area contributed by atoms with Gasteiger partial charge in [0.2, 0.25) is 0 Å². The maximum absolute atomic E-state index is 11.8. The molecule has 2 aromatic carbocycles. The van der Waals surface area contributed by atoms with Crippen LogP contribution in [0.5, 0.6) is 0 Å². The number of aromatic nitrogens is 2. The van der Waals surface area contributed by atoms with E-state index in [2.05, 4.69) is 15.3 Å². The first-order valence-electron chi connectivity index (χ1n) is 6.95. The van der Waals surface area contributed by atoms with Crippen LogP contribution in [-0.2, 0) is 6.54 Å². The second-order valence-electron chi connectivity index (χ2n) is 5.07. The number of nitrogens with zero attached hydrogens (tertiary/aromatic N) is 1. The fourth-order valence-electron chi connectivity index (χ4n) is 2.24. The number of benzene rings is 2. The van der Waals surface area contributed by atoms with E-state index in [1.54, 1.807) is 13.0 Å². The molecule has 2 N–H and O–H groups in total. The van der Waals surface area contributed by atoms with Crippen LogP contribution in [0.3, 0.4) is 0 Å². The van der Waals surface area contributed by atoms with E-state index in [0.29, 0.717) is 23.0 Å². The number of carbonyl (C=O) groups excluding carboxylic acids is 1. The summed E-state index contributed by atoms with van der Waals surface area (Å²) in [5.41, 5.74) is 3.12. The van der Waals surface area contributed by atoms with Gasteiger partial charge in [0.1, 0.15) is 0 Å². The molecule has 0 saturated carbocycles. The molecule has 0 spiro atoms. The first-order chi connectivity index (χ1) is 10.6. The van der Waals surface area contributed by atoms with E-state index < -0.39 is 0 Å². The van der Waals surface area contributed by atoms with Crippen LogP contribution in [-0.4, -0.2) is 15.8 Å². The maximum Gasteiger partial charge on any atom is 0.258 e. The molecule has 22 heavy (non-hydrogen) atoms. The molecule has 0 saturated heterocycles. The molecule has 5 nitrogen and oxygen atoms in total. The van der Waals surface area contributed by atoms with Gasteiger partial charge in [-0.2, -0.15) is 0 Å². The summed E-state index contributed by atoms with van der Waals surface area (Å²) in [6.45, 7) is 2.16. The lowest BCUT2D eigenvalue weighted by atomic mass is 10.1. The van der Waals surface area contributed by atoms with Crippen LogP contribution < -0.4 is 10.9 Å². The zero-order valence-corrected chi connectivity index (χ0v) is 12.1. The largest absolute Gasteiger partial charge is 0.381 e. The van der Waals surface area contributed by atoms with Crippen LogP contribution in [0.15, 0.2) is 53.6 Å². The van der Waals surface area contributed by atoms with Crippen molar-refractivity contribution in [2.45, 2.75) is 13.5 Å². The van der Waals surface area contributed by atoms with Gasteiger partial charge in [0, 0.05) is 17.8 Å². The van der Waals surface area contributed by atoms with Crippen molar-refractivity contribution in [2.24, 2.45) is 0 Å². The van der Waals surface area contributed by atoms with Gasteiger partial charge in [-0.3, -0.25) is 9.59 Å². The van der Waals surface area contributed by atoms with Gasteiger partial charge in [-0.15, -0.1) is 0 Å². The lowest BCUT2D eigenvalue weighted by Crippen LogP contribution is -2.07. The summed E-state index contributed by atoms with van der Waals surface area (Å²) >= 11 is 0. The summed E-state index contributed by atoms with van der Waals surface area (Å²) in [6, 6.07) is 12.9. The number of aromatic amines is 1. The van der Waals surface area contributed by atoms with Gasteiger partial charge in [0.25, 0.3) is 5.56 Å². The highest BCUT2D eigenvalue weighted by Crippen LogP contribution is 2.15. The van der Waals surface area contributed by atoms with Crippen LogP contribution in [0.1, 0.15) is 22.8 Å². The lowest BCUT2D eigenvalue weighted by molar-refractivity contribution is 0.101. The van der Waals surface area contributed by atoms with Crippen molar-refractivity contribution in [2.75, 3.05) is 5.32 Å². The fraction of sp³-hybridized carbons (Fsp3) is 0.118. The smallest absolute Gasteiger partial charge is 0.258 e. The maximum atomic E-state index is 11.8. The zero-order valence-electron chi connectivity index (χ0n) is 12.1. The van der Waals surface area contributed by atoms with Crippen LogP contribution in [0.2, 0.25) is 0 Å². The van der Waals surface area contributed by atoms with Gasteiger partial charge < -0.3 is 10.3 Å². The summed E-state index contributed by atoms with van der Waals surface area (Å²) in [5, 5.41) is 3.82. The minimum absolute atomic E-state index is 0.0563. The van der Waals surface area contributed by atoms with Crippen molar-refractivity contribution in [3.05, 3.63) is 70.3 Å². The van der Waals surface area contributed by atoms with E-state index in [1.807, 2.05) is 36.4 Å². The fourth-order valence-corrected chi connectivity index (χ4v) is 2.24. The van der Waals surface area contributed by atoms with Gasteiger partial charge >= 0.3 is 0 Å². The van der Waals surface area contributed by atoms with Crippen LogP contribution >= 0.6 is 0 Å². The molecule has 0 atom stereocenters. The topological polar surface area (TPSA) is 74.8 Å². The molecule has 0 aliphatic heterocycles. The highest BCUT2D eigenvalue weighted by atomic mass is 16.1. The van der Waals surface area contributed by atoms with E-state index in [9.17, 15) is 9.59 Å². The molecule has 0 unspecified atom stereocenters. The average Bonchev–Trinajstić information content (AvgIpc) is 2.54. The second-order valence-corrected chi connectivity index (χ2v) is 5.07. The number of rotatable bonds is 4. The van der Waals surface area contributed by atoms with Crippen molar-refractivity contribution >= 4 is 22.4 Å². The SMILES string of the molecule is CC(=O)c1ccc(CNc2ccc3nc[nH]c(=O)c3c2)cc1. The first-order valence-corrected chi connectivity index (χ1v) is 6.95. The van der Waals surface area contributed by atoms with E-state index in [4.69, 9.17) is 0 Å². The Labute approximate surface area is 127 Å². The van der Waals surface area contributed by atoms with Gasteiger partial charge in [0.05, 0.1) is 17.2 Å². The summed E-state index contributed by atoms with van der Waals surface area (Å²) < 4.78 is 0. The van der Waals surface area contributed by atoms with E-state index in [0.717, 1.165) is 11.3 Å². The molecule has 1 heterocycles. The molecule has 110 valence electrons. The van der Waals surface area contributed by atoms with E-state index in [1.165, 1.54) is 6.33 Å². The number of H-pyrrole nitrogens is 1. The molecule has 1 aromatic heterocycles. The third kappa shape index (κ3) is 2.88. The monoisotopic (exact) mass is 293 g/mol. The van der Waals surface area contributed by atoms with E-state index in [-0.39, 0.29) is 11.3 Å². The minimum Gasteiger partial charge on any atom is -0.381 e. The molecule has 0 aliphatic rings. The molecule has 0 bridgehead atoms. The molecular weight excluding hydrogens is 278 g/mol. The van der Waals surface area contributed by atoms with Crippen molar-refractivity contribution < 1.29 is 4.79 Å². The Morgan fingerprint density at radius 1 is 1.18 bits per heavy atom. The van der Waals surface area contributed by atoms with Gasteiger partial charge in [-0.05, 0) is 30.7 Å². The van der Waals surface area contributed by atoms with Crippen molar-refractivity contribution in [1.82, 2.24) is 9.97 Å². The third-order valence-corrected chi connectivity index (χ3v) is 3.50. The molecule has 0 aliphatic carbocycles. The highest BCUT2D eigenvalue weighted by molar-refractivity contribution is 5.94. The Kier molecular flexibility index (Phi) is 3.70. The molecule has 5 heteroatoms. The summed E-state index contributed by atoms with van der Waals surface area (Å²) in [4.78, 5) is 29.7. The molecule has 0 radical (unpaired) electrons. The Balaban J connectivity index is 1.77. The molecule has 0 amide bonds. The molecule has 0 fully saturated rings. The minimum atomic E-state index is -0.153. The van der Waals surface area contributed by atoms with Gasteiger partial charge in [-0.1, -0.05) is 24.3 Å². The van der Waals surface area contributed by atoms with Crippen molar-refractivity contribution in [3.8, 4) is 0 Å². The Morgan fingerprint density at radius 3 is 2.68 bits per heavy atom. The van der Waals surface area contributed by atoms with Crippen LogP contribution in [0, 0.1) is 0 Å². The third-order valence-electron chi connectivity index (χ3n) is 3.50. The first kappa shape index (κ1) is 14.0. The second kappa shape index (κ2) is 5.81. The highest BCUT2D eigenvalue weighted by Gasteiger charge is 2.02. The molecule has 3 aromatic rings. The summed E-state index contributed by atoms with van der Waals surface area (Å²) in [7, 11) is 0. The van der Waals surface area contributed by atoms with Gasteiger partial charge in [-0.25, -0.2) is 4.98 Å². The molecular formula is C17H15N3O2. The van der Waals surface area contributed by atoms with Crippen molar-refractivity contribution in [1.29, 1.82) is 0 Å². The standard InChI is InChI=1S/C17H15N3O2/c1-11(21)13-4-2-12(3-5-13)9-18-14-6-7-16-15(8-14)17(22)20-10-19-16/h2-8,10,18H,9H2,1H3,(H,19,20,22). The Morgan fingerprint density at radius 2 is 1.95 bits per heavy atom. The lowest BCUT2D eigenvalue weighted by Gasteiger charge is -2.07. The quantitative estimate of drug-likeness (QED) is 0.725. The number of hydrogen-bond donors (Lipinski definition) is 2. The zero-order chi connectivity index (χ0) is 15.5. The Bertz CT molecular complexity index is 882. The average molecular weight is 293 g/mol. The van der Waals surface area contributed by atoms with Crippen LogP contribution in [0.4, 0.5) is 5.69 Å². The number of nitrogens with one attached hydrogen (secondary N) is 2.